The van der Waals surface area contributed by atoms with Crippen molar-refractivity contribution in [2.75, 3.05) is 0 Å². The van der Waals surface area contributed by atoms with Gasteiger partial charge >= 0.3 is 12.4 Å². The van der Waals surface area contributed by atoms with Gasteiger partial charge in [-0.2, -0.15) is 26.3 Å². The van der Waals surface area contributed by atoms with Crippen molar-refractivity contribution in [3.8, 4) is 0 Å². The summed E-state index contributed by atoms with van der Waals surface area (Å²) in [6.45, 7) is 14.8. The van der Waals surface area contributed by atoms with E-state index in [1.807, 2.05) is 41.5 Å². The minimum absolute atomic E-state index is 0.0139. The Kier molecular flexibility index (Phi) is 17.2. The molecule has 0 bridgehead atoms. The molecular formula is C21H30F7N. The SMILES string of the molecule is CC.CC.CC.Cc1cc(F)cc(C(F)(F)F)c1.Cc1ncccc1C(F)(F)F. The lowest BCUT2D eigenvalue weighted by molar-refractivity contribution is -0.138. The summed E-state index contributed by atoms with van der Waals surface area (Å²) < 4.78 is 84.4. The Morgan fingerprint density at radius 1 is 0.724 bits per heavy atom. The average Bonchev–Trinajstić information content (AvgIpc) is 2.65. The Hall–Kier alpha value is -2.12. The molecule has 0 radical (unpaired) electrons. The molecular weight excluding hydrogens is 399 g/mol. The van der Waals surface area contributed by atoms with Gasteiger partial charge in [-0.05, 0) is 49.7 Å². The van der Waals surface area contributed by atoms with Crippen LogP contribution in [-0.2, 0) is 12.4 Å². The summed E-state index contributed by atoms with van der Waals surface area (Å²) in [5.74, 6) is -0.859. The van der Waals surface area contributed by atoms with Crippen molar-refractivity contribution < 1.29 is 30.7 Å². The van der Waals surface area contributed by atoms with E-state index in [1.165, 1.54) is 26.1 Å². The van der Waals surface area contributed by atoms with Crippen molar-refractivity contribution in [2.24, 2.45) is 0 Å². The fourth-order valence-corrected chi connectivity index (χ4v) is 1.68. The number of rotatable bonds is 0. The summed E-state index contributed by atoms with van der Waals surface area (Å²) >= 11 is 0. The zero-order valence-electron chi connectivity index (χ0n) is 18.1. The molecule has 1 aromatic carbocycles. The predicted molar refractivity (Wildman–Crippen MR) is 104 cm³/mol. The Morgan fingerprint density at radius 2 is 1.21 bits per heavy atom. The number of alkyl halides is 6. The van der Waals surface area contributed by atoms with Crippen LogP contribution in [0.25, 0.3) is 0 Å². The predicted octanol–water partition coefficient (Wildman–Crippen LogP) is 8.64. The van der Waals surface area contributed by atoms with E-state index in [2.05, 4.69) is 4.98 Å². The molecule has 0 spiro atoms. The molecule has 2 aromatic rings. The molecule has 2 rings (SSSR count). The van der Waals surface area contributed by atoms with Crippen molar-refractivity contribution >= 4 is 0 Å². The van der Waals surface area contributed by atoms with Crippen LogP contribution in [0, 0.1) is 19.7 Å². The topological polar surface area (TPSA) is 12.9 Å². The maximum absolute atomic E-state index is 12.5. The third-order valence-electron chi connectivity index (χ3n) is 2.68. The summed E-state index contributed by atoms with van der Waals surface area (Å²) in [6.07, 6.45) is -7.41. The van der Waals surface area contributed by atoms with Gasteiger partial charge < -0.3 is 0 Å². The van der Waals surface area contributed by atoms with Gasteiger partial charge in [-0.1, -0.05) is 41.5 Å². The van der Waals surface area contributed by atoms with E-state index in [1.54, 1.807) is 0 Å². The number of halogens is 7. The van der Waals surface area contributed by atoms with E-state index in [4.69, 9.17) is 0 Å². The molecule has 0 aliphatic carbocycles. The number of nitrogens with zero attached hydrogens (tertiary/aromatic N) is 1. The van der Waals surface area contributed by atoms with Crippen LogP contribution in [0.3, 0.4) is 0 Å². The maximum atomic E-state index is 12.5. The Labute approximate surface area is 169 Å². The van der Waals surface area contributed by atoms with Gasteiger partial charge in [0.2, 0.25) is 0 Å². The Bertz CT molecular complexity index is 643. The fraction of sp³-hybridized carbons (Fsp3) is 0.476. The number of aryl methyl sites for hydroxylation is 2. The van der Waals surface area contributed by atoms with Gasteiger partial charge in [0.25, 0.3) is 0 Å². The van der Waals surface area contributed by atoms with Crippen molar-refractivity contribution in [1.82, 2.24) is 4.98 Å². The molecule has 0 aliphatic heterocycles. The van der Waals surface area contributed by atoms with E-state index < -0.39 is 29.3 Å². The lowest BCUT2D eigenvalue weighted by Crippen LogP contribution is -2.07. The highest BCUT2D eigenvalue weighted by atomic mass is 19.4. The van der Waals surface area contributed by atoms with Gasteiger partial charge in [0.1, 0.15) is 5.82 Å². The molecule has 0 fully saturated rings. The molecule has 0 saturated heterocycles. The first-order valence-corrected chi connectivity index (χ1v) is 9.24. The van der Waals surface area contributed by atoms with Crippen molar-refractivity contribution in [3.05, 3.63) is 64.7 Å². The molecule has 1 aromatic heterocycles. The van der Waals surface area contributed by atoms with Gasteiger partial charge in [-0.15, -0.1) is 0 Å². The van der Waals surface area contributed by atoms with E-state index in [9.17, 15) is 30.7 Å². The monoisotopic (exact) mass is 429 g/mol. The highest BCUT2D eigenvalue weighted by Gasteiger charge is 2.32. The largest absolute Gasteiger partial charge is 0.418 e. The van der Waals surface area contributed by atoms with Crippen LogP contribution in [0.2, 0.25) is 0 Å². The first kappa shape index (κ1) is 31.6. The van der Waals surface area contributed by atoms with E-state index in [0.29, 0.717) is 6.07 Å². The summed E-state index contributed by atoms with van der Waals surface area (Å²) in [6, 6.07) is 4.73. The molecule has 0 saturated carbocycles. The number of hydrogen-bond acceptors (Lipinski definition) is 1. The summed E-state index contributed by atoms with van der Waals surface area (Å²) in [5, 5.41) is 0. The van der Waals surface area contributed by atoms with Crippen molar-refractivity contribution in [2.45, 2.75) is 67.7 Å². The fourth-order valence-electron chi connectivity index (χ4n) is 1.68. The van der Waals surface area contributed by atoms with Crippen molar-refractivity contribution in [1.29, 1.82) is 0 Å². The standard InChI is InChI=1S/C8H6F4.C7H6F3N.3C2H6/c1-5-2-6(8(10,11)12)4-7(9)3-5;1-5-6(7(8,9)10)3-2-4-11-5;3*1-2/h2-4H,1H3;2-4H,1H3;3*1-2H3. The first-order chi connectivity index (χ1) is 13.4. The molecule has 1 heterocycles. The smallest absolute Gasteiger partial charge is 0.261 e. The number of aromatic nitrogens is 1. The second-order valence-corrected chi connectivity index (χ2v) is 4.65. The van der Waals surface area contributed by atoms with Gasteiger partial charge in [-0.25, -0.2) is 4.39 Å². The zero-order valence-corrected chi connectivity index (χ0v) is 18.1. The maximum Gasteiger partial charge on any atom is 0.418 e. The van der Waals surface area contributed by atoms with Gasteiger partial charge in [0.05, 0.1) is 11.1 Å². The molecule has 0 unspecified atom stereocenters. The minimum atomic E-state index is -4.47. The molecule has 8 heteroatoms. The second-order valence-electron chi connectivity index (χ2n) is 4.65. The molecule has 168 valence electrons. The lowest BCUT2D eigenvalue weighted by atomic mass is 10.1. The quantitative estimate of drug-likeness (QED) is 0.382. The Morgan fingerprint density at radius 3 is 1.52 bits per heavy atom. The number of benzene rings is 1. The zero-order chi connectivity index (χ0) is 23.8. The highest BCUT2D eigenvalue weighted by Crippen LogP contribution is 2.31. The van der Waals surface area contributed by atoms with Crippen molar-refractivity contribution in [3.63, 3.8) is 0 Å². The summed E-state index contributed by atoms with van der Waals surface area (Å²) in [5.41, 5.74) is -1.33. The molecule has 1 nitrogen and oxygen atoms in total. The van der Waals surface area contributed by atoms with E-state index in [0.717, 1.165) is 18.2 Å². The third-order valence-corrected chi connectivity index (χ3v) is 2.68. The van der Waals surface area contributed by atoms with Crippen LogP contribution in [0.15, 0.2) is 36.5 Å². The number of pyridine rings is 1. The average molecular weight is 429 g/mol. The third kappa shape index (κ3) is 13.7. The Balaban J connectivity index is -0.000000371. The van der Waals surface area contributed by atoms with Gasteiger partial charge in [0, 0.05) is 11.9 Å². The highest BCUT2D eigenvalue weighted by molar-refractivity contribution is 5.25. The molecule has 0 amide bonds. The minimum Gasteiger partial charge on any atom is -0.261 e. The van der Waals surface area contributed by atoms with Crippen LogP contribution >= 0.6 is 0 Å². The first-order valence-electron chi connectivity index (χ1n) is 9.24. The number of hydrogen-bond donors (Lipinski definition) is 0. The summed E-state index contributed by atoms with van der Waals surface area (Å²) in [7, 11) is 0. The van der Waals surface area contributed by atoms with E-state index >= 15 is 0 Å². The van der Waals surface area contributed by atoms with Crippen LogP contribution in [0.5, 0.6) is 0 Å². The molecule has 0 aliphatic rings. The summed E-state index contributed by atoms with van der Waals surface area (Å²) in [4.78, 5) is 3.53. The lowest BCUT2D eigenvalue weighted by Gasteiger charge is -2.07. The van der Waals surface area contributed by atoms with Gasteiger partial charge in [0.15, 0.2) is 0 Å². The molecule has 29 heavy (non-hydrogen) atoms. The second kappa shape index (κ2) is 15.8. The van der Waals surface area contributed by atoms with E-state index in [-0.39, 0.29) is 11.3 Å². The van der Waals surface area contributed by atoms with Crippen LogP contribution in [0.1, 0.15) is 63.9 Å². The molecule has 0 N–H and O–H groups in total. The molecule has 0 atom stereocenters. The van der Waals surface area contributed by atoms with Crippen LogP contribution < -0.4 is 0 Å². The van der Waals surface area contributed by atoms with Crippen LogP contribution in [0.4, 0.5) is 30.7 Å². The van der Waals surface area contributed by atoms with Crippen LogP contribution in [-0.4, -0.2) is 4.98 Å². The van der Waals surface area contributed by atoms with Gasteiger partial charge in [-0.3, -0.25) is 4.98 Å². The normalized spacial score (nSPS) is 9.90.